The normalized spacial score (nSPS) is 11.2. The Morgan fingerprint density at radius 1 is 0.952 bits per heavy atom. The standard InChI is InChI=1S/C17H23ClN2S/c1-3-20(4-2)13-15-7-5-14(6-8-15)11-19-12-16-9-10-17(18)21-16/h5-10,19H,3-4,11-13H2,1-2H3. The van der Waals surface area contributed by atoms with Crippen molar-refractivity contribution in [1.82, 2.24) is 10.2 Å². The lowest BCUT2D eigenvalue weighted by Gasteiger charge is -2.18. The van der Waals surface area contributed by atoms with E-state index in [1.807, 2.05) is 6.07 Å². The van der Waals surface area contributed by atoms with Crippen molar-refractivity contribution >= 4 is 22.9 Å². The Kier molecular flexibility index (Phi) is 6.71. The summed E-state index contributed by atoms with van der Waals surface area (Å²) in [5, 5.41) is 3.46. The highest BCUT2D eigenvalue weighted by atomic mass is 35.5. The van der Waals surface area contributed by atoms with Crippen molar-refractivity contribution in [3.8, 4) is 0 Å². The van der Waals surface area contributed by atoms with Crippen LogP contribution in [0, 0.1) is 0 Å². The molecule has 0 amide bonds. The molecule has 0 saturated carbocycles. The van der Waals surface area contributed by atoms with Crippen LogP contribution in [-0.2, 0) is 19.6 Å². The van der Waals surface area contributed by atoms with Crippen molar-refractivity contribution in [2.75, 3.05) is 13.1 Å². The third-order valence-corrected chi connectivity index (χ3v) is 4.81. The van der Waals surface area contributed by atoms with Gasteiger partial charge >= 0.3 is 0 Å². The molecule has 1 heterocycles. The summed E-state index contributed by atoms with van der Waals surface area (Å²) in [6.07, 6.45) is 0. The lowest BCUT2D eigenvalue weighted by Crippen LogP contribution is -2.22. The first-order valence-electron chi connectivity index (χ1n) is 7.46. The van der Waals surface area contributed by atoms with E-state index in [4.69, 9.17) is 11.6 Å². The molecule has 0 radical (unpaired) electrons. The highest BCUT2D eigenvalue weighted by Gasteiger charge is 2.02. The zero-order chi connectivity index (χ0) is 15.1. The van der Waals surface area contributed by atoms with Gasteiger partial charge in [0.15, 0.2) is 0 Å². The Morgan fingerprint density at radius 2 is 1.62 bits per heavy atom. The summed E-state index contributed by atoms with van der Waals surface area (Å²) in [7, 11) is 0. The van der Waals surface area contributed by atoms with Crippen molar-refractivity contribution < 1.29 is 0 Å². The number of halogens is 1. The van der Waals surface area contributed by atoms with E-state index < -0.39 is 0 Å². The fourth-order valence-corrected chi connectivity index (χ4v) is 3.30. The molecule has 0 bridgehead atoms. The molecule has 1 N–H and O–H groups in total. The van der Waals surface area contributed by atoms with Crippen molar-refractivity contribution in [3.63, 3.8) is 0 Å². The maximum atomic E-state index is 5.93. The molecule has 0 aliphatic heterocycles. The zero-order valence-corrected chi connectivity index (χ0v) is 14.3. The molecule has 114 valence electrons. The molecular weight excluding hydrogens is 300 g/mol. The van der Waals surface area contributed by atoms with Crippen LogP contribution in [0.15, 0.2) is 36.4 Å². The molecule has 4 heteroatoms. The van der Waals surface area contributed by atoms with E-state index in [1.165, 1.54) is 16.0 Å². The molecule has 0 aliphatic rings. The third-order valence-electron chi connectivity index (χ3n) is 3.58. The molecule has 1 aromatic carbocycles. The monoisotopic (exact) mass is 322 g/mol. The Hall–Kier alpha value is -0.870. The molecule has 2 aromatic rings. The van der Waals surface area contributed by atoms with Gasteiger partial charge in [0.1, 0.15) is 0 Å². The third kappa shape index (κ3) is 5.44. The predicted octanol–water partition coefficient (Wildman–Crippen LogP) is 4.53. The molecule has 2 rings (SSSR count). The van der Waals surface area contributed by atoms with Crippen LogP contribution in [0.5, 0.6) is 0 Å². The number of nitrogens with one attached hydrogen (secondary N) is 1. The van der Waals surface area contributed by atoms with Gasteiger partial charge in [-0.15, -0.1) is 11.3 Å². The summed E-state index contributed by atoms with van der Waals surface area (Å²) >= 11 is 7.56. The van der Waals surface area contributed by atoms with Crippen molar-refractivity contribution in [1.29, 1.82) is 0 Å². The quantitative estimate of drug-likeness (QED) is 0.768. The van der Waals surface area contributed by atoms with Crippen molar-refractivity contribution in [2.24, 2.45) is 0 Å². The number of thiophene rings is 1. The van der Waals surface area contributed by atoms with E-state index in [0.29, 0.717) is 0 Å². The van der Waals surface area contributed by atoms with Gasteiger partial charge in [-0.25, -0.2) is 0 Å². The van der Waals surface area contributed by atoms with Crippen LogP contribution in [0.2, 0.25) is 4.34 Å². The molecule has 1 aromatic heterocycles. The van der Waals surface area contributed by atoms with E-state index in [1.54, 1.807) is 11.3 Å². The lowest BCUT2D eigenvalue weighted by molar-refractivity contribution is 0.296. The Labute approximate surface area is 136 Å². The summed E-state index contributed by atoms with van der Waals surface area (Å²) in [5.41, 5.74) is 2.70. The number of hydrogen-bond donors (Lipinski definition) is 1. The second kappa shape index (κ2) is 8.54. The van der Waals surface area contributed by atoms with E-state index in [2.05, 4.69) is 54.4 Å². The van der Waals surface area contributed by atoms with Crippen LogP contribution in [-0.4, -0.2) is 18.0 Å². The van der Waals surface area contributed by atoms with Crippen molar-refractivity contribution in [2.45, 2.75) is 33.5 Å². The summed E-state index contributed by atoms with van der Waals surface area (Å²) in [4.78, 5) is 3.70. The van der Waals surface area contributed by atoms with Gasteiger partial charge < -0.3 is 5.32 Å². The number of hydrogen-bond acceptors (Lipinski definition) is 3. The molecule has 0 spiro atoms. The van der Waals surface area contributed by atoms with Gasteiger partial charge in [0, 0.05) is 24.5 Å². The van der Waals surface area contributed by atoms with Gasteiger partial charge in [-0.3, -0.25) is 4.90 Å². The van der Waals surface area contributed by atoms with Crippen LogP contribution in [0.25, 0.3) is 0 Å². The maximum Gasteiger partial charge on any atom is 0.0931 e. The minimum absolute atomic E-state index is 0.854. The van der Waals surface area contributed by atoms with Gasteiger partial charge in [-0.05, 0) is 36.3 Å². The first-order chi connectivity index (χ1) is 10.2. The van der Waals surface area contributed by atoms with E-state index >= 15 is 0 Å². The summed E-state index contributed by atoms with van der Waals surface area (Å²) in [6, 6.07) is 12.9. The molecule has 0 atom stereocenters. The molecule has 0 unspecified atom stereocenters. The first-order valence-corrected chi connectivity index (χ1v) is 8.65. The second-order valence-corrected chi connectivity index (χ2v) is 6.89. The second-order valence-electron chi connectivity index (χ2n) is 5.09. The van der Waals surface area contributed by atoms with Crippen LogP contribution in [0.3, 0.4) is 0 Å². The van der Waals surface area contributed by atoms with Gasteiger partial charge in [-0.1, -0.05) is 49.7 Å². The highest BCUT2D eigenvalue weighted by Crippen LogP contribution is 2.21. The molecule has 0 fully saturated rings. The fraction of sp³-hybridized carbons (Fsp3) is 0.412. The van der Waals surface area contributed by atoms with Gasteiger partial charge in [0.25, 0.3) is 0 Å². The smallest absolute Gasteiger partial charge is 0.0931 e. The molecule has 2 nitrogen and oxygen atoms in total. The Morgan fingerprint density at radius 3 is 2.19 bits per heavy atom. The minimum atomic E-state index is 0.854. The number of benzene rings is 1. The molecular formula is C17H23ClN2S. The predicted molar refractivity (Wildman–Crippen MR) is 92.9 cm³/mol. The Balaban J connectivity index is 1.79. The van der Waals surface area contributed by atoms with Crippen LogP contribution in [0.1, 0.15) is 29.9 Å². The van der Waals surface area contributed by atoms with Crippen molar-refractivity contribution in [3.05, 3.63) is 56.7 Å². The van der Waals surface area contributed by atoms with E-state index in [0.717, 1.165) is 37.1 Å². The summed E-state index contributed by atoms with van der Waals surface area (Å²) in [6.45, 7) is 9.41. The average molecular weight is 323 g/mol. The van der Waals surface area contributed by atoms with Crippen LogP contribution in [0.4, 0.5) is 0 Å². The molecule has 0 saturated heterocycles. The zero-order valence-electron chi connectivity index (χ0n) is 12.7. The van der Waals surface area contributed by atoms with Crippen LogP contribution >= 0.6 is 22.9 Å². The van der Waals surface area contributed by atoms with E-state index in [-0.39, 0.29) is 0 Å². The van der Waals surface area contributed by atoms with E-state index in [9.17, 15) is 0 Å². The number of nitrogens with zero attached hydrogens (tertiary/aromatic N) is 1. The fourth-order valence-electron chi connectivity index (χ4n) is 2.24. The largest absolute Gasteiger partial charge is 0.308 e. The SMILES string of the molecule is CCN(CC)Cc1ccc(CNCc2ccc(Cl)s2)cc1. The summed E-state index contributed by atoms with van der Waals surface area (Å²) in [5.74, 6) is 0. The highest BCUT2D eigenvalue weighted by molar-refractivity contribution is 7.16. The molecule has 0 aliphatic carbocycles. The lowest BCUT2D eigenvalue weighted by atomic mass is 10.1. The van der Waals surface area contributed by atoms with Gasteiger partial charge in [0.05, 0.1) is 4.34 Å². The minimum Gasteiger partial charge on any atom is -0.308 e. The maximum absolute atomic E-state index is 5.93. The average Bonchev–Trinajstić information content (AvgIpc) is 2.92. The molecule has 21 heavy (non-hydrogen) atoms. The Bertz CT molecular complexity index is 532. The van der Waals surface area contributed by atoms with Gasteiger partial charge in [0.2, 0.25) is 0 Å². The number of rotatable bonds is 8. The van der Waals surface area contributed by atoms with Gasteiger partial charge in [-0.2, -0.15) is 0 Å². The summed E-state index contributed by atoms with van der Waals surface area (Å²) < 4.78 is 0.854. The topological polar surface area (TPSA) is 15.3 Å². The van der Waals surface area contributed by atoms with Crippen LogP contribution < -0.4 is 5.32 Å². The first kappa shape index (κ1) is 16.5.